The van der Waals surface area contributed by atoms with Crippen LogP contribution in [-0.2, 0) is 22.7 Å². The van der Waals surface area contributed by atoms with Crippen LogP contribution in [0.2, 0.25) is 0 Å². The SMILES string of the molecule is CCN1C(=O)c2cccc3c(S(=O)(=O)NCc4nc(C)cc(C(F)(F)F)n4)ccc1c23. The van der Waals surface area contributed by atoms with Crippen molar-refractivity contribution in [3.05, 3.63) is 59.2 Å². The molecule has 1 amide bonds. The Kier molecular flexibility index (Phi) is 4.97. The zero-order chi connectivity index (χ0) is 22.6. The maximum Gasteiger partial charge on any atom is 0.433 e. The number of carbonyl (C=O) groups excluding carboxylic acids is 1. The predicted molar refractivity (Wildman–Crippen MR) is 107 cm³/mol. The number of hydrogen-bond donors (Lipinski definition) is 1. The second kappa shape index (κ2) is 7.27. The summed E-state index contributed by atoms with van der Waals surface area (Å²) in [4.78, 5) is 21.4. The van der Waals surface area contributed by atoms with Gasteiger partial charge in [-0.1, -0.05) is 12.1 Å². The molecule has 0 saturated carbocycles. The van der Waals surface area contributed by atoms with Crippen molar-refractivity contribution < 1.29 is 26.4 Å². The second-order valence-corrected chi connectivity index (χ2v) is 8.73. The molecule has 2 aromatic carbocycles. The number of benzene rings is 2. The molecule has 0 unspecified atom stereocenters. The minimum absolute atomic E-state index is 0.0695. The molecular weight excluding hydrogens is 433 g/mol. The Morgan fingerprint density at radius 2 is 1.87 bits per heavy atom. The van der Waals surface area contributed by atoms with Crippen molar-refractivity contribution >= 4 is 32.4 Å². The lowest BCUT2D eigenvalue weighted by Crippen LogP contribution is -2.26. The van der Waals surface area contributed by atoms with Gasteiger partial charge in [-0.15, -0.1) is 0 Å². The Morgan fingerprint density at radius 3 is 2.55 bits per heavy atom. The van der Waals surface area contributed by atoms with Gasteiger partial charge >= 0.3 is 6.18 Å². The molecule has 3 aromatic rings. The molecule has 1 aromatic heterocycles. The Labute approximate surface area is 176 Å². The first kappa shape index (κ1) is 21.2. The Balaban J connectivity index is 1.71. The fourth-order valence-electron chi connectivity index (χ4n) is 3.66. The van der Waals surface area contributed by atoms with E-state index in [2.05, 4.69) is 14.7 Å². The van der Waals surface area contributed by atoms with Gasteiger partial charge in [-0.05, 0) is 38.1 Å². The van der Waals surface area contributed by atoms with Gasteiger partial charge in [0.1, 0.15) is 11.5 Å². The number of alkyl halides is 3. The number of hydrogen-bond acceptors (Lipinski definition) is 5. The van der Waals surface area contributed by atoms with E-state index >= 15 is 0 Å². The third-order valence-corrected chi connectivity index (χ3v) is 6.42. The summed E-state index contributed by atoms with van der Waals surface area (Å²) in [6, 6.07) is 8.54. The summed E-state index contributed by atoms with van der Waals surface area (Å²) in [5.41, 5.74) is -0.0464. The monoisotopic (exact) mass is 450 g/mol. The summed E-state index contributed by atoms with van der Waals surface area (Å²) in [7, 11) is -4.13. The van der Waals surface area contributed by atoms with E-state index in [1.54, 1.807) is 29.2 Å². The van der Waals surface area contributed by atoms with Gasteiger partial charge in [-0.3, -0.25) is 4.79 Å². The van der Waals surface area contributed by atoms with E-state index in [9.17, 15) is 26.4 Å². The van der Waals surface area contributed by atoms with Crippen LogP contribution >= 0.6 is 0 Å². The molecule has 0 fully saturated rings. The molecule has 0 atom stereocenters. The number of anilines is 1. The molecule has 0 saturated heterocycles. The summed E-state index contributed by atoms with van der Waals surface area (Å²) < 4.78 is 67.1. The van der Waals surface area contributed by atoms with E-state index in [4.69, 9.17) is 0 Å². The van der Waals surface area contributed by atoms with Gasteiger partial charge in [0, 0.05) is 28.6 Å². The first-order chi connectivity index (χ1) is 14.5. The predicted octanol–water partition coefficient (Wildman–Crippen LogP) is 3.42. The smallest absolute Gasteiger partial charge is 0.308 e. The molecule has 2 heterocycles. The number of nitrogens with one attached hydrogen (secondary N) is 1. The second-order valence-electron chi connectivity index (χ2n) is 6.99. The first-order valence-electron chi connectivity index (χ1n) is 9.32. The lowest BCUT2D eigenvalue weighted by Gasteiger charge is -2.15. The van der Waals surface area contributed by atoms with Crippen LogP contribution in [0.1, 0.15) is 34.5 Å². The number of aromatic nitrogens is 2. The molecule has 7 nitrogen and oxygen atoms in total. The molecule has 1 aliphatic heterocycles. The number of halogens is 3. The van der Waals surface area contributed by atoms with Crippen LogP contribution in [0, 0.1) is 6.92 Å². The van der Waals surface area contributed by atoms with E-state index in [1.165, 1.54) is 13.0 Å². The number of carbonyl (C=O) groups is 1. The number of aryl methyl sites for hydroxylation is 1. The van der Waals surface area contributed by atoms with Gasteiger partial charge < -0.3 is 4.90 Å². The van der Waals surface area contributed by atoms with E-state index in [1.807, 2.05) is 6.92 Å². The summed E-state index contributed by atoms with van der Waals surface area (Å²) in [5.74, 6) is -0.507. The Morgan fingerprint density at radius 1 is 1.13 bits per heavy atom. The maximum atomic E-state index is 13.0. The summed E-state index contributed by atoms with van der Waals surface area (Å²) in [6.07, 6.45) is -4.67. The summed E-state index contributed by atoms with van der Waals surface area (Å²) >= 11 is 0. The molecule has 0 spiro atoms. The van der Waals surface area contributed by atoms with Crippen LogP contribution < -0.4 is 9.62 Å². The minimum atomic E-state index is -4.67. The van der Waals surface area contributed by atoms with Crippen molar-refractivity contribution in [2.45, 2.75) is 31.5 Å². The lowest BCUT2D eigenvalue weighted by molar-refractivity contribution is -0.141. The molecule has 162 valence electrons. The van der Waals surface area contributed by atoms with E-state index in [-0.39, 0.29) is 22.3 Å². The molecule has 0 bridgehead atoms. The highest BCUT2D eigenvalue weighted by Crippen LogP contribution is 2.39. The van der Waals surface area contributed by atoms with Crippen molar-refractivity contribution in [2.24, 2.45) is 0 Å². The summed E-state index contributed by atoms with van der Waals surface area (Å²) in [5, 5.41) is 0.885. The molecule has 4 rings (SSSR count). The van der Waals surface area contributed by atoms with Crippen LogP contribution in [0.25, 0.3) is 10.8 Å². The minimum Gasteiger partial charge on any atom is -0.308 e. The third kappa shape index (κ3) is 3.63. The van der Waals surface area contributed by atoms with Crippen molar-refractivity contribution in [3.63, 3.8) is 0 Å². The van der Waals surface area contributed by atoms with Crippen molar-refractivity contribution in [1.29, 1.82) is 0 Å². The standard InChI is InChI=1S/C20H17F3N4O3S/c1-3-27-14-7-8-15(12-5-4-6-13(18(12)14)19(27)28)31(29,30)24-10-17-25-11(2)9-16(26-17)20(21,22)23/h4-9,24H,3,10H2,1-2H3. The van der Waals surface area contributed by atoms with E-state index < -0.39 is 28.4 Å². The fraction of sp³-hybridized carbons (Fsp3) is 0.250. The number of sulfonamides is 1. The third-order valence-electron chi connectivity index (χ3n) is 4.96. The van der Waals surface area contributed by atoms with Crippen LogP contribution in [-0.4, -0.2) is 30.8 Å². The Hall–Kier alpha value is -3.05. The van der Waals surface area contributed by atoms with Gasteiger partial charge in [0.2, 0.25) is 10.0 Å². The van der Waals surface area contributed by atoms with E-state index in [0.717, 1.165) is 6.07 Å². The maximum absolute atomic E-state index is 13.0. The molecule has 0 radical (unpaired) electrons. The largest absolute Gasteiger partial charge is 0.433 e. The topological polar surface area (TPSA) is 92.3 Å². The van der Waals surface area contributed by atoms with E-state index in [0.29, 0.717) is 28.6 Å². The molecule has 1 aliphatic rings. The van der Waals surface area contributed by atoms with Crippen molar-refractivity contribution in [3.8, 4) is 0 Å². The first-order valence-corrected chi connectivity index (χ1v) is 10.8. The van der Waals surface area contributed by atoms with Gasteiger partial charge in [-0.2, -0.15) is 13.2 Å². The Bertz CT molecular complexity index is 1320. The van der Waals surface area contributed by atoms with Crippen LogP contribution in [0.3, 0.4) is 0 Å². The van der Waals surface area contributed by atoms with Gasteiger partial charge in [0.25, 0.3) is 5.91 Å². The highest BCUT2D eigenvalue weighted by Gasteiger charge is 2.34. The van der Waals surface area contributed by atoms with Gasteiger partial charge in [0.05, 0.1) is 17.1 Å². The normalized spacial score (nSPS) is 14.0. The number of nitrogens with zero attached hydrogens (tertiary/aromatic N) is 3. The van der Waals surface area contributed by atoms with Crippen molar-refractivity contribution in [1.82, 2.24) is 14.7 Å². The summed E-state index contributed by atoms with van der Waals surface area (Å²) in [6.45, 7) is 3.10. The number of amides is 1. The molecule has 31 heavy (non-hydrogen) atoms. The molecule has 0 aliphatic carbocycles. The molecular formula is C20H17F3N4O3S. The van der Waals surface area contributed by atoms with Crippen LogP contribution in [0.4, 0.5) is 18.9 Å². The zero-order valence-corrected chi connectivity index (χ0v) is 17.3. The zero-order valence-electron chi connectivity index (χ0n) is 16.5. The highest BCUT2D eigenvalue weighted by atomic mass is 32.2. The fourth-order valence-corrected chi connectivity index (χ4v) is 4.84. The lowest BCUT2D eigenvalue weighted by atomic mass is 10.1. The van der Waals surface area contributed by atoms with Gasteiger partial charge in [0.15, 0.2) is 0 Å². The number of rotatable bonds is 5. The molecule has 11 heteroatoms. The quantitative estimate of drug-likeness (QED) is 0.643. The van der Waals surface area contributed by atoms with Crippen LogP contribution in [0.15, 0.2) is 41.3 Å². The van der Waals surface area contributed by atoms with Gasteiger partial charge in [-0.25, -0.2) is 23.1 Å². The average molecular weight is 450 g/mol. The average Bonchev–Trinajstić information content (AvgIpc) is 2.98. The highest BCUT2D eigenvalue weighted by molar-refractivity contribution is 7.89. The van der Waals surface area contributed by atoms with Crippen molar-refractivity contribution in [2.75, 3.05) is 11.4 Å². The van der Waals surface area contributed by atoms with Crippen LogP contribution in [0.5, 0.6) is 0 Å². The molecule has 1 N–H and O–H groups in total.